The number of nitrogens with zero attached hydrogens (tertiary/aromatic N) is 1. The molecule has 1 heterocycles. The minimum Gasteiger partial charge on any atom is -0.469 e. The number of hydrogen-bond acceptors (Lipinski definition) is 5. The summed E-state index contributed by atoms with van der Waals surface area (Å²) in [4.78, 5) is 36.6. The molecule has 0 aromatic rings. The normalized spacial score (nSPS) is 15.9. The lowest BCUT2D eigenvalue weighted by Crippen LogP contribution is -2.41. The fourth-order valence-corrected chi connectivity index (χ4v) is 2.45. The monoisotopic (exact) mass is 328 g/mol. The number of amides is 2. The molecule has 0 bridgehead atoms. The third kappa shape index (κ3) is 7.85. The number of methoxy groups -OCH3 is 1. The molecule has 1 fully saturated rings. The van der Waals surface area contributed by atoms with Crippen molar-refractivity contribution in [3.05, 3.63) is 0 Å². The number of alkyl carbamates (subject to hydrolysis) is 1. The van der Waals surface area contributed by atoms with E-state index < -0.39 is 11.7 Å². The van der Waals surface area contributed by atoms with E-state index in [1.54, 1.807) is 25.7 Å². The fourth-order valence-electron chi connectivity index (χ4n) is 2.45. The van der Waals surface area contributed by atoms with E-state index in [0.717, 1.165) is 12.8 Å². The minimum absolute atomic E-state index is 0.0116. The Balaban J connectivity index is 2.22. The molecule has 1 saturated heterocycles. The molecule has 0 aromatic heterocycles. The molecule has 7 nitrogen and oxygen atoms in total. The molecule has 1 aliphatic heterocycles. The molecule has 0 saturated carbocycles. The summed E-state index contributed by atoms with van der Waals surface area (Å²) in [6.07, 6.45) is 1.77. The van der Waals surface area contributed by atoms with Gasteiger partial charge < -0.3 is 19.7 Å². The first-order valence-electron chi connectivity index (χ1n) is 8.02. The van der Waals surface area contributed by atoms with Gasteiger partial charge >= 0.3 is 12.1 Å². The maximum absolute atomic E-state index is 12.1. The lowest BCUT2D eigenvalue weighted by Gasteiger charge is -2.31. The average molecular weight is 328 g/mol. The first kappa shape index (κ1) is 19.3. The third-order valence-corrected chi connectivity index (χ3v) is 3.66. The highest BCUT2D eigenvalue weighted by Crippen LogP contribution is 2.21. The summed E-state index contributed by atoms with van der Waals surface area (Å²) in [5.74, 6) is 0.0975. The Labute approximate surface area is 137 Å². The number of piperidine rings is 1. The van der Waals surface area contributed by atoms with E-state index in [-0.39, 0.29) is 30.8 Å². The van der Waals surface area contributed by atoms with Crippen molar-refractivity contribution in [2.45, 2.75) is 52.1 Å². The third-order valence-electron chi connectivity index (χ3n) is 3.66. The Morgan fingerprint density at radius 1 is 1.17 bits per heavy atom. The van der Waals surface area contributed by atoms with E-state index >= 15 is 0 Å². The highest BCUT2D eigenvalue weighted by atomic mass is 16.6. The molecular weight excluding hydrogens is 300 g/mol. The lowest BCUT2D eigenvalue weighted by molar-refractivity contribution is -0.142. The van der Waals surface area contributed by atoms with Crippen LogP contribution in [0.4, 0.5) is 4.79 Å². The van der Waals surface area contributed by atoms with Crippen molar-refractivity contribution in [2.75, 3.05) is 26.7 Å². The smallest absolute Gasteiger partial charge is 0.407 e. The zero-order chi connectivity index (χ0) is 17.5. The van der Waals surface area contributed by atoms with Gasteiger partial charge in [0.1, 0.15) is 5.60 Å². The number of likely N-dealkylation sites (tertiary alicyclic amines) is 1. The summed E-state index contributed by atoms with van der Waals surface area (Å²) >= 11 is 0. The van der Waals surface area contributed by atoms with Gasteiger partial charge in [-0.1, -0.05) is 0 Å². The first-order chi connectivity index (χ1) is 10.7. The van der Waals surface area contributed by atoms with E-state index in [1.165, 1.54) is 7.11 Å². The summed E-state index contributed by atoms with van der Waals surface area (Å²) in [7, 11) is 1.39. The molecule has 23 heavy (non-hydrogen) atoms. The van der Waals surface area contributed by atoms with E-state index in [0.29, 0.717) is 19.5 Å². The molecule has 132 valence electrons. The van der Waals surface area contributed by atoms with Crippen LogP contribution in [0, 0.1) is 5.92 Å². The Morgan fingerprint density at radius 3 is 2.30 bits per heavy atom. The molecule has 0 radical (unpaired) electrons. The van der Waals surface area contributed by atoms with Gasteiger partial charge in [0, 0.05) is 32.5 Å². The van der Waals surface area contributed by atoms with Gasteiger partial charge in [-0.05, 0) is 39.5 Å². The predicted octanol–water partition coefficient (Wildman–Crippen LogP) is 1.70. The van der Waals surface area contributed by atoms with Crippen molar-refractivity contribution >= 4 is 18.0 Å². The lowest BCUT2D eigenvalue weighted by atomic mass is 9.93. The molecule has 2 amide bonds. The Bertz CT molecular complexity index is 423. The number of rotatable bonds is 5. The minimum atomic E-state index is -0.546. The van der Waals surface area contributed by atoms with Crippen LogP contribution >= 0.6 is 0 Å². The number of hydrogen-bond donors (Lipinski definition) is 1. The SMILES string of the molecule is COC(=O)CC1CCN(C(=O)CCNC(=O)OC(C)(C)C)CC1. The Morgan fingerprint density at radius 2 is 1.78 bits per heavy atom. The van der Waals surface area contributed by atoms with E-state index in [2.05, 4.69) is 10.1 Å². The van der Waals surface area contributed by atoms with Crippen molar-refractivity contribution in [3.63, 3.8) is 0 Å². The maximum Gasteiger partial charge on any atom is 0.407 e. The van der Waals surface area contributed by atoms with Gasteiger partial charge in [0.15, 0.2) is 0 Å². The van der Waals surface area contributed by atoms with E-state index in [4.69, 9.17) is 4.74 Å². The maximum atomic E-state index is 12.1. The molecule has 1 N–H and O–H groups in total. The van der Waals surface area contributed by atoms with Gasteiger partial charge in [-0.3, -0.25) is 9.59 Å². The Kier molecular flexibility index (Phi) is 7.32. The second kappa shape index (κ2) is 8.74. The van der Waals surface area contributed by atoms with Crippen LogP contribution in [0.2, 0.25) is 0 Å². The van der Waals surface area contributed by atoms with Crippen LogP contribution in [0.25, 0.3) is 0 Å². The van der Waals surface area contributed by atoms with Crippen molar-refractivity contribution in [1.82, 2.24) is 10.2 Å². The van der Waals surface area contributed by atoms with Gasteiger partial charge in [0.2, 0.25) is 5.91 Å². The van der Waals surface area contributed by atoms with Crippen LogP contribution in [0.15, 0.2) is 0 Å². The zero-order valence-electron chi connectivity index (χ0n) is 14.5. The van der Waals surface area contributed by atoms with Crippen LogP contribution in [-0.4, -0.2) is 55.2 Å². The molecule has 0 spiro atoms. The number of esters is 1. The highest BCUT2D eigenvalue weighted by Gasteiger charge is 2.24. The molecule has 1 aliphatic rings. The molecule has 0 atom stereocenters. The predicted molar refractivity (Wildman–Crippen MR) is 84.8 cm³/mol. The van der Waals surface area contributed by atoms with Crippen LogP contribution in [0.5, 0.6) is 0 Å². The zero-order valence-corrected chi connectivity index (χ0v) is 14.5. The fraction of sp³-hybridized carbons (Fsp3) is 0.812. The van der Waals surface area contributed by atoms with E-state index in [9.17, 15) is 14.4 Å². The molecule has 0 aliphatic carbocycles. The van der Waals surface area contributed by atoms with Crippen LogP contribution in [-0.2, 0) is 19.1 Å². The van der Waals surface area contributed by atoms with Crippen LogP contribution in [0.1, 0.15) is 46.5 Å². The van der Waals surface area contributed by atoms with Gasteiger partial charge in [0.05, 0.1) is 7.11 Å². The molecule has 1 rings (SSSR count). The van der Waals surface area contributed by atoms with Gasteiger partial charge in [-0.15, -0.1) is 0 Å². The summed E-state index contributed by atoms with van der Waals surface area (Å²) in [5, 5.41) is 2.58. The summed E-state index contributed by atoms with van der Waals surface area (Å²) in [5.41, 5.74) is -0.546. The van der Waals surface area contributed by atoms with Crippen LogP contribution < -0.4 is 5.32 Å². The quantitative estimate of drug-likeness (QED) is 0.777. The second-order valence-electron chi connectivity index (χ2n) is 6.78. The Hall–Kier alpha value is -1.79. The highest BCUT2D eigenvalue weighted by molar-refractivity contribution is 5.77. The number of carbonyl (C=O) groups excluding carboxylic acids is 3. The molecule has 0 aromatic carbocycles. The van der Waals surface area contributed by atoms with Gasteiger partial charge in [-0.2, -0.15) is 0 Å². The standard InChI is InChI=1S/C16H28N2O5/c1-16(2,3)23-15(21)17-8-5-13(19)18-9-6-12(7-10-18)11-14(20)22-4/h12H,5-11H2,1-4H3,(H,17,21). The van der Waals surface area contributed by atoms with Crippen molar-refractivity contribution < 1.29 is 23.9 Å². The number of carbonyl (C=O) groups is 3. The number of nitrogens with one attached hydrogen (secondary N) is 1. The topological polar surface area (TPSA) is 84.9 Å². The summed E-state index contributed by atoms with van der Waals surface area (Å²) < 4.78 is 9.77. The summed E-state index contributed by atoms with van der Waals surface area (Å²) in [6.45, 7) is 6.92. The summed E-state index contributed by atoms with van der Waals surface area (Å²) in [6, 6.07) is 0. The van der Waals surface area contributed by atoms with Gasteiger partial charge in [0.25, 0.3) is 0 Å². The molecule has 0 unspecified atom stereocenters. The first-order valence-corrected chi connectivity index (χ1v) is 8.02. The van der Waals surface area contributed by atoms with Crippen molar-refractivity contribution in [2.24, 2.45) is 5.92 Å². The van der Waals surface area contributed by atoms with Crippen molar-refractivity contribution in [1.29, 1.82) is 0 Å². The average Bonchev–Trinajstić information content (AvgIpc) is 2.45. The molecule has 7 heteroatoms. The van der Waals surface area contributed by atoms with Crippen LogP contribution in [0.3, 0.4) is 0 Å². The van der Waals surface area contributed by atoms with Crippen molar-refractivity contribution in [3.8, 4) is 0 Å². The molecular formula is C16H28N2O5. The van der Waals surface area contributed by atoms with Gasteiger partial charge in [-0.25, -0.2) is 4.79 Å². The second-order valence-corrected chi connectivity index (χ2v) is 6.78. The number of ether oxygens (including phenoxy) is 2. The van der Waals surface area contributed by atoms with E-state index in [1.807, 2.05) is 0 Å². The largest absolute Gasteiger partial charge is 0.469 e.